The Kier molecular flexibility index (Phi) is 5.09. The number of fused-ring (bicyclic) bond motifs is 1. The summed E-state index contributed by atoms with van der Waals surface area (Å²) in [7, 11) is -3.54. The molecule has 2 aromatic carbocycles. The fourth-order valence-electron chi connectivity index (χ4n) is 3.58. The van der Waals surface area contributed by atoms with Crippen molar-refractivity contribution in [2.45, 2.75) is 23.8 Å². The molecule has 4 nitrogen and oxygen atoms in total. The number of thiophene rings is 1. The van der Waals surface area contributed by atoms with Crippen LogP contribution in [0.2, 0.25) is 0 Å². The highest BCUT2D eigenvalue weighted by Crippen LogP contribution is 2.27. The minimum Gasteiger partial charge on any atom is -0.295 e. The van der Waals surface area contributed by atoms with Gasteiger partial charge < -0.3 is 0 Å². The van der Waals surface area contributed by atoms with E-state index in [1.54, 1.807) is 23.5 Å². The first-order chi connectivity index (χ1) is 12.6. The molecule has 26 heavy (non-hydrogen) atoms. The smallest absolute Gasteiger partial charge is 0.240 e. The van der Waals surface area contributed by atoms with E-state index in [2.05, 4.69) is 26.4 Å². The van der Waals surface area contributed by atoms with Gasteiger partial charge in [0.25, 0.3) is 0 Å². The molecule has 1 saturated heterocycles. The van der Waals surface area contributed by atoms with Gasteiger partial charge in [-0.1, -0.05) is 30.3 Å². The molecule has 136 valence electrons. The average Bonchev–Trinajstić information content (AvgIpc) is 3.36. The van der Waals surface area contributed by atoms with Crippen LogP contribution in [0.25, 0.3) is 10.8 Å². The maximum absolute atomic E-state index is 12.8. The summed E-state index contributed by atoms with van der Waals surface area (Å²) in [6.07, 6.45) is 2.36. The molecule has 0 radical (unpaired) electrons. The van der Waals surface area contributed by atoms with Crippen molar-refractivity contribution in [3.05, 3.63) is 64.9 Å². The fourth-order valence-corrected chi connectivity index (χ4v) is 5.36. The Morgan fingerprint density at radius 2 is 1.81 bits per heavy atom. The van der Waals surface area contributed by atoms with E-state index in [9.17, 15) is 8.42 Å². The minimum absolute atomic E-state index is 0.0963. The Bertz CT molecular complexity index is 978. The average molecular weight is 387 g/mol. The van der Waals surface area contributed by atoms with Crippen LogP contribution in [0, 0.1) is 0 Å². The zero-order valence-corrected chi connectivity index (χ0v) is 16.1. The third-order valence-electron chi connectivity index (χ3n) is 5.01. The molecule has 4 rings (SSSR count). The van der Waals surface area contributed by atoms with Crippen LogP contribution in [0.1, 0.15) is 24.4 Å². The van der Waals surface area contributed by atoms with Gasteiger partial charge in [-0.05, 0) is 71.2 Å². The summed E-state index contributed by atoms with van der Waals surface area (Å²) in [4.78, 5) is 2.70. The van der Waals surface area contributed by atoms with Crippen LogP contribution in [-0.4, -0.2) is 33.0 Å². The number of nitrogens with one attached hydrogen (secondary N) is 1. The van der Waals surface area contributed by atoms with Crippen LogP contribution in [0.3, 0.4) is 0 Å². The quantitative estimate of drug-likeness (QED) is 0.696. The summed E-state index contributed by atoms with van der Waals surface area (Å²) in [5.41, 5.74) is 1.19. The van der Waals surface area contributed by atoms with Gasteiger partial charge in [-0.25, -0.2) is 13.1 Å². The zero-order valence-electron chi connectivity index (χ0n) is 14.5. The highest BCUT2D eigenvalue weighted by molar-refractivity contribution is 7.89. The zero-order chi connectivity index (χ0) is 18.0. The molecule has 6 heteroatoms. The van der Waals surface area contributed by atoms with Crippen molar-refractivity contribution in [3.63, 3.8) is 0 Å². The van der Waals surface area contributed by atoms with Crippen molar-refractivity contribution in [3.8, 4) is 0 Å². The summed E-state index contributed by atoms with van der Waals surface area (Å²) < 4.78 is 28.5. The number of hydrogen-bond acceptors (Lipinski definition) is 4. The lowest BCUT2D eigenvalue weighted by Crippen LogP contribution is -2.36. The second-order valence-electron chi connectivity index (χ2n) is 6.68. The molecule has 0 amide bonds. The number of sulfonamides is 1. The molecule has 0 saturated carbocycles. The van der Waals surface area contributed by atoms with E-state index in [0.29, 0.717) is 11.4 Å². The molecule has 1 fully saturated rings. The largest absolute Gasteiger partial charge is 0.295 e. The molecular formula is C20H22N2O2S2. The van der Waals surface area contributed by atoms with Crippen molar-refractivity contribution in [1.82, 2.24) is 9.62 Å². The number of rotatable bonds is 6. The predicted octanol–water partition coefficient (Wildman–Crippen LogP) is 4.02. The minimum atomic E-state index is -3.54. The summed E-state index contributed by atoms with van der Waals surface area (Å²) >= 11 is 1.65. The lowest BCUT2D eigenvalue weighted by atomic mass is 10.1. The van der Waals surface area contributed by atoms with Gasteiger partial charge in [0.2, 0.25) is 10.0 Å². The predicted molar refractivity (Wildman–Crippen MR) is 107 cm³/mol. The highest BCUT2D eigenvalue weighted by Gasteiger charge is 2.26. The molecule has 1 aliphatic rings. The number of benzene rings is 2. The number of hydrogen-bond donors (Lipinski definition) is 1. The first-order valence-electron chi connectivity index (χ1n) is 8.88. The van der Waals surface area contributed by atoms with E-state index >= 15 is 0 Å². The molecule has 1 aliphatic heterocycles. The lowest BCUT2D eigenvalue weighted by Gasteiger charge is -2.27. The van der Waals surface area contributed by atoms with Gasteiger partial charge in [-0.2, -0.15) is 11.3 Å². The summed E-state index contributed by atoms with van der Waals surface area (Å²) in [5, 5.41) is 6.15. The maximum Gasteiger partial charge on any atom is 0.240 e. The summed E-state index contributed by atoms with van der Waals surface area (Å²) in [5.74, 6) is 0. The van der Waals surface area contributed by atoms with E-state index in [4.69, 9.17) is 0 Å². The van der Waals surface area contributed by atoms with Gasteiger partial charge in [0.05, 0.1) is 4.90 Å². The molecule has 1 N–H and O–H groups in total. The Hall–Kier alpha value is -1.73. The Morgan fingerprint density at radius 1 is 1.04 bits per heavy atom. The van der Waals surface area contributed by atoms with Crippen molar-refractivity contribution in [2.24, 2.45) is 0 Å². The summed E-state index contributed by atoms with van der Waals surface area (Å²) in [6.45, 7) is 2.45. The SMILES string of the molecule is O=S(=O)(NC[C@H](c1ccsc1)N1CCCC1)c1ccc2ccccc2c1. The molecule has 3 aromatic rings. The third kappa shape index (κ3) is 3.69. The van der Waals surface area contributed by atoms with Crippen molar-refractivity contribution >= 4 is 32.1 Å². The van der Waals surface area contributed by atoms with E-state index in [0.717, 1.165) is 23.9 Å². The van der Waals surface area contributed by atoms with Crippen LogP contribution in [0.4, 0.5) is 0 Å². The van der Waals surface area contributed by atoms with Crippen LogP contribution in [0.5, 0.6) is 0 Å². The van der Waals surface area contributed by atoms with Gasteiger partial charge in [0, 0.05) is 12.6 Å². The molecule has 0 aliphatic carbocycles. The van der Waals surface area contributed by atoms with Crippen LogP contribution in [0.15, 0.2) is 64.2 Å². The van der Waals surface area contributed by atoms with Crippen molar-refractivity contribution < 1.29 is 8.42 Å². The normalized spacial score (nSPS) is 16.9. The van der Waals surface area contributed by atoms with Gasteiger partial charge in [-0.15, -0.1) is 0 Å². The maximum atomic E-state index is 12.8. The molecule has 1 aromatic heterocycles. The molecule has 2 heterocycles. The monoisotopic (exact) mass is 386 g/mol. The van der Waals surface area contributed by atoms with E-state index < -0.39 is 10.0 Å². The summed E-state index contributed by atoms with van der Waals surface area (Å²) in [6, 6.07) is 15.3. The Balaban J connectivity index is 1.55. The highest BCUT2D eigenvalue weighted by atomic mass is 32.2. The van der Waals surface area contributed by atoms with E-state index in [-0.39, 0.29) is 6.04 Å². The van der Waals surface area contributed by atoms with Gasteiger partial charge in [0.1, 0.15) is 0 Å². The lowest BCUT2D eigenvalue weighted by molar-refractivity contribution is 0.247. The molecule has 0 spiro atoms. The standard InChI is InChI=1S/C20H22N2O2S2/c23-26(24,19-8-7-16-5-1-2-6-17(16)13-19)21-14-20(18-9-12-25-15-18)22-10-3-4-11-22/h1-2,5-9,12-13,15,20-21H,3-4,10-11,14H2/t20-/m1/s1. The molecule has 0 unspecified atom stereocenters. The molecule has 0 bridgehead atoms. The number of nitrogens with zero attached hydrogens (tertiary/aromatic N) is 1. The van der Waals surface area contributed by atoms with Gasteiger partial charge >= 0.3 is 0 Å². The van der Waals surface area contributed by atoms with Gasteiger partial charge in [0.15, 0.2) is 0 Å². The van der Waals surface area contributed by atoms with Crippen molar-refractivity contribution in [1.29, 1.82) is 0 Å². The fraction of sp³-hybridized carbons (Fsp3) is 0.300. The van der Waals surface area contributed by atoms with Crippen LogP contribution < -0.4 is 4.72 Å². The first kappa shape index (κ1) is 17.7. The van der Waals surface area contributed by atoms with E-state index in [1.165, 1.54) is 18.4 Å². The third-order valence-corrected chi connectivity index (χ3v) is 7.13. The van der Waals surface area contributed by atoms with E-state index in [1.807, 2.05) is 30.3 Å². The van der Waals surface area contributed by atoms with Crippen LogP contribution >= 0.6 is 11.3 Å². The topological polar surface area (TPSA) is 49.4 Å². The van der Waals surface area contributed by atoms with Crippen LogP contribution in [-0.2, 0) is 10.0 Å². The Labute approximate surface area is 158 Å². The first-order valence-corrected chi connectivity index (χ1v) is 11.3. The van der Waals surface area contributed by atoms with Crippen molar-refractivity contribution in [2.75, 3.05) is 19.6 Å². The second kappa shape index (κ2) is 7.48. The molecular weight excluding hydrogens is 364 g/mol. The second-order valence-corrected chi connectivity index (χ2v) is 9.22. The number of likely N-dealkylation sites (tertiary alicyclic amines) is 1. The van der Waals surface area contributed by atoms with Gasteiger partial charge in [-0.3, -0.25) is 4.90 Å². The Morgan fingerprint density at radius 3 is 2.54 bits per heavy atom. The molecule has 1 atom stereocenters.